The number of para-hydroxylation sites is 1. The lowest BCUT2D eigenvalue weighted by molar-refractivity contribution is 0.0304. The smallest absolute Gasteiger partial charge is 0.335 e. The van der Waals surface area contributed by atoms with E-state index in [9.17, 15) is 14.7 Å². The van der Waals surface area contributed by atoms with Crippen LogP contribution in [0.3, 0.4) is 0 Å². The van der Waals surface area contributed by atoms with E-state index >= 15 is 0 Å². The summed E-state index contributed by atoms with van der Waals surface area (Å²) >= 11 is 0. The molecule has 3 aromatic rings. The van der Waals surface area contributed by atoms with Crippen LogP contribution in [-0.2, 0) is 17.7 Å². The molecule has 0 atom stereocenters. The van der Waals surface area contributed by atoms with Crippen LogP contribution in [0, 0.1) is 0 Å². The molecular formula is C24H26N2O4. The Kier molecular flexibility index (Phi) is 6.14. The highest BCUT2D eigenvalue weighted by molar-refractivity contribution is 6.07. The van der Waals surface area contributed by atoms with Gasteiger partial charge in [0.1, 0.15) is 0 Å². The highest BCUT2D eigenvalue weighted by atomic mass is 16.5. The normalized spacial score (nSPS) is 14.2. The molecule has 0 spiro atoms. The number of amides is 1. The van der Waals surface area contributed by atoms with Crippen LogP contribution in [0.25, 0.3) is 10.9 Å². The standard InChI is InChI=1S/C24H26N2O4/c27-23(25-13-15-30-16-14-25)21-17-26(22-11-4-3-10-20(21)22)12-6-5-8-18-7-1-2-9-19(18)24(28)29/h1-4,7,9-11,17H,5-6,8,12-16H2,(H,28,29). The fourth-order valence-corrected chi connectivity index (χ4v) is 4.08. The Morgan fingerprint density at radius 3 is 2.47 bits per heavy atom. The molecule has 2 heterocycles. The van der Waals surface area contributed by atoms with Gasteiger partial charge in [-0.3, -0.25) is 4.79 Å². The van der Waals surface area contributed by atoms with Crippen molar-refractivity contribution in [2.24, 2.45) is 0 Å². The number of carbonyl (C=O) groups excluding carboxylic acids is 1. The SMILES string of the molecule is O=C(O)c1ccccc1CCCCn1cc(C(=O)N2CCOCC2)c2ccccc21. The lowest BCUT2D eigenvalue weighted by atomic mass is 10.0. The predicted octanol–water partition coefficient (Wildman–Crippen LogP) is 3.83. The number of carboxylic acids is 1. The highest BCUT2D eigenvalue weighted by Crippen LogP contribution is 2.24. The van der Waals surface area contributed by atoms with Crippen LogP contribution in [0.15, 0.2) is 54.7 Å². The quantitative estimate of drug-likeness (QED) is 0.605. The molecule has 1 fully saturated rings. The number of hydrogen-bond donors (Lipinski definition) is 1. The Morgan fingerprint density at radius 1 is 0.933 bits per heavy atom. The number of carboxylic acid groups (broad SMARTS) is 1. The van der Waals surface area contributed by atoms with Crippen molar-refractivity contribution in [2.45, 2.75) is 25.8 Å². The zero-order valence-corrected chi connectivity index (χ0v) is 16.9. The number of unbranched alkanes of at least 4 members (excludes halogenated alkanes) is 1. The Hall–Kier alpha value is -3.12. The van der Waals surface area contributed by atoms with Gasteiger partial charge >= 0.3 is 5.97 Å². The third-order valence-electron chi connectivity index (χ3n) is 5.66. The first-order chi connectivity index (χ1) is 14.6. The second kappa shape index (κ2) is 9.13. The zero-order valence-electron chi connectivity index (χ0n) is 16.9. The number of rotatable bonds is 7. The first kappa shape index (κ1) is 20.2. The van der Waals surface area contributed by atoms with Crippen LogP contribution >= 0.6 is 0 Å². The fraction of sp³-hybridized carbons (Fsp3) is 0.333. The van der Waals surface area contributed by atoms with E-state index in [4.69, 9.17) is 4.74 Å². The number of aromatic nitrogens is 1. The maximum Gasteiger partial charge on any atom is 0.335 e. The summed E-state index contributed by atoms with van der Waals surface area (Å²) in [5, 5.41) is 10.3. The molecule has 0 radical (unpaired) electrons. The summed E-state index contributed by atoms with van der Waals surface area (Å²) in [5.41, 5.74) is 3.04. The summed E-state index contributed by atoms with van der Waals surface area (Å²) in [4.78, 5) is 26.3. The molecule has 1 amide bonds. The summed E-state index contributed by atoms with van der Waals surface area (Å²) in [6.45, 7) is 3.21. The molecule has 30 heavy (non-hydrogen) atoms. The first-order valence-electron chi connectivity index (χ1n) is 10.4. The van der Waals surface area contributed by atoms with E-state index in [2.05, 4.69) is 4.57 Å². The molecular weight excluding hydrogens is 380 g/mol. The number of fused-ring (bicyclic) bond motifs is 1. The molecule has 1 saturated heterocycles. The van der Waals surface area contributed by atoms with Crippen LogP contribution in [0.4, 0.5) is 0 Å². The molecule has 6 nitrogen and oxygen atoms in total. The van der Waals surface area contributed by atoms with E-state index in [1.807, 2.05) is 47.5 Å². The van der Waals surface area contributed by atoms with Gasteiger partial charge in [0.15, 0.2) is 0 Å². The average molecular weight is 406 g/mol. The number of aromatic carboxylic acids is 1. The van der Waals surface area contributed by atoms with Gasteiger partial charge in [-0.05, 0) is 37.0 Å². The van der Waals surface area contributed by atoms with Crippen molar-refractivity contribution < 1.29 is 19.4 Å². The summed E-state index contributed by atoms with van der Waals surface area (Å²) in [7, 11) is 0. The Balaban J connectivity index is 1.46. The van der Waals surface area contributed by atoms with Crippen LogP contribution < -0.4 is 0 Å². The van der Waals surface area contributed by atoms with E-state index in [0.29, 0.717) is 31.9 Å². The zero-order chi connectivity index (χ0) is 20.9. The van der Waals surface area contributed by atoms with Gasteiger partial charge in [0.2, 0.25) is 0 Å². The lowest BCUT2D eigenvalue weighted by Gasteiger charge is -2.26. The van der Waals surface area contributed by atoms with E-state index in [1.165, 1.54) is 0 Å². The van der Waals surface area contributed by atoms with Gasteiger partial charge in [-0.2, -0.15) is 0 Å². The minimum absolute atomic E-state index is 0.0589. The van der Waals surface area contributed by atoms with Crippen molar-refractivity contribution in [1.29, 1.82) is 0 Å². The van der Waals surface area contributed by atoms with Crippen molar-refractivity contribution in [1.82, 2.24) is 9.47 Å². The molecule has 1 aliphatic heterocycles. The monoisotopic (exact) mass is 406 g/mol. The predicted molar refractivity (Wildman–Crippen MR) is 115 cm³/mol. The van der Waals surface area contributed by atoms with Crippen molar-refractivity contribution in [3.63, 3.8) is 0 Å². The summed E-state index contributed by atoms with van der Waals surface area (Å²) in [5.74, 6) is -0.822. The largest absolute Gasteiger partial charge is 0.478 e. The van der Waals surface area contributed by atoms with Crippen LogP contribution in [0.2, 0.25) is 0 Å². The van der Waals surface area contributed by atoms with Crippen molar-refractivity contribution in [3.05, 3.63) is 71.4 Å². The number of morpholine rings is 1. The van der Waals surface area contributed by atoms with Crippen molar-refractivity contribution in [3.8, 4) is 0 Å². The first-order valence-corrected chi connectivity index (χ1v) is 10.4. The molecule has 2 aromatic carbocycles. The molecule has 0 saturated carbocycles. The number of benzene rings is 2. The van der Waals surface area contributed by atoms with Crippen LogP contribution in [-0.4, -0.2) is 52.8 Å². The number of hydrogen-bond acceptors (Lipinski definition) is 3. The maximum absolute atomic E-state index is 13.0. The molecule has 156 valence electrons. The number of ether oxygens (including phenoxy) is 1. The van der Waals surface area contributed by atoms with Gasteiger partial charge in [0, 0.05) is 36.7 Å². The van der Waals surface area contributed by atoms with E-state index in [0.717, 1.165) is 47.8 Å². The third kappa shape index (κ3) is 4.24. The van der Waals surface area contributed by atoms with Gasteiger partial charge in [-0.25, -0.2) is 4.79 Å². The average Bonchev–Trinajstić information content (AvgIpc) is 3.15. The third-order valence-corrected chi connectivity index (χ3v) is 5.66. The number of carbonyl (C=O) groups is 2. The Morgan fingerprint density at radius 2 is 1.67 bits per heavy atom. The molecule has 0 unspecified atom stereocenters. The number of nitrogens with zero attached hydrogens (tertiary/aromatic N) is 2. The summed E-state index contributed by atoms with van der Waals surface area (Å²) in [6.07, 6.45) is 4.47. The van der Waals surface area contributed by atoms with Crippen molar-refractivity contribution >= 4 is 22.8 Å². The fourth-order valence-electron chi connectivity index (χ4n) is 4.08. The molecule has 4 rings (SSSR count). The van der Waals surface area contributed by atoms with Gasteiger partial charge < -0.3 is 19.3 Å². The Labute approximate surface area is 175 Å². The van der Waals surface area contributed by atoms with E-state index in [-0.39, 0.29) is 5.91 Å². The van der Waals surface area contributed by atoms with Gasteiger partial charge in [-0.15, -0.1) is 0 Å². The van der Waals surface area contributed by atoms with Crippen LogP contribution in [0.5, 0.6) is 0 Å². The van der Waals surface area contributed by atoms with Crippen molar-refractivity contribution in [2.75, 3.05) is 26.3 Å². The topological polar surface area (TPSA) is 71.8 Å². The van der Waals surface area contributed by atoms with E-state index < -0.39 is 5.97 Å². The molecule has 1 N–H and O–H groups in total. The van der Waals surface area contributed by atoms with E-state index in [1.54, 1.807) is 12.1 Å². The molecule has 0 aliphatic carbocycles. The van der Waals surface area contributed by atoms with Gasteiger partial charge in [0.05, 0.1) is 24.3 Å². The summed E-state index contributed by atoms with van der Waals surface area (Å²) in [6, 6.07) is 15.2. The highest BCUT2D eigenvalue weighted by Gasteiger charge is 2.22. The molecule has 1 aliphatic rings. The second-order valence-electron chi connectivity index (χ2n) is 7.58. The number of aryl methyl sites for hydroxylation is 2. The molecule has 0 bridgehead atoms. The summed E-state index contributed by atoms with van der Waals surface area (Å²) < 4.78 is 7.51. The minimum atomic E-state index is -0.881. The van der Waals surface area contributed by atoms with Gasteiger partial charge in [-0.1, -0.05) is 36.4 Å². The second-order valence-corrected chi connectivity index (χ2v) is 7.58. The lowest BCUT2D eigenvalue weighted by Crippen LogP contribution is -2.40. The molecule has 6 heteroatoms. The van der Waals surface area contributed by atoms with Gasteiger partial charge in [0.25, 0.3) is 5.91 Å². The molecule has 1 aromatic heterocycles. The van der Waals surface area contributed by atoms with Crippen LogP contribution in [0.1, 0.15) is 39.1 Å². The Bertz CT molecular complexity index is 1050. The minimum Gasteiger partial charge on any atom is -0.478 e. The maximum atomic E-state index is 13.0.